The second-order valence-corrected chi connectivity index (χ2v) is 4.72. The summed E-state index contributed by atoms with van der Waals surface area (Å²) in [5.74, 6) is 1.12. The van der Waals surface area contributed by atoms with E-state index < -0.39 is 6.04 Å². The van der Waals surface area contributed by atoms with Crippen molar-refractivity contribution in [1.29, 1.82) is 0 Å². The number of methoxy groups -OCH3 is 1. The first-order valence-electron chi connectivity index (χ1n) is 5.86. The van der Waals surface area contributed by atoms with Gasteiger partial charge in [0.15, 0.2) is 5.78 Å². The van der Waals surface area contributed by atoms with Gasteiger partial charge in [-0.05, 0) is 43.0 Å². The summed E-state index contributed by atoms with van der Waals surface area (Å²) in [6, 6.07) is 3.34. The number of carbonyl (C=O) groups is 1. The Balaban J connectivity index is 3.34. The van der Waals surface area contributed by atoms with Crippen LogP contribution in [-0.2, 0) is 0 Å². The summed E-state index contributed by atoms with van der Waals surface area (Å²) in [6.45, 7) is 7.77. The van der Waals surface area contributed by atoms with Crippen molar-refractivity contribution in [2.45, 2.75) is 39.7 Å². The lowest BCUT2D eigenvalue weighted by Crippen LogP contribution is -2.27. The van der Waals surface area contributed by atoms with Gasteiger partial charge < -0.3 is 10.5 Å². The number of aryl methyl sites for hydroxylation is 1. The fraction of sp³-hybridized carbons (Fsp3) is 0.500. The van der Waals surface area contributed by atoms with Crippen LogP contribution in [0.1, 0.15) is 48.2 Å². The number of hydrogen-bond donors (Lipinski definition) is 1. The van der Waals surface area contributed by atoms with E-state index in [1.165, 1.54) is 0 Å². The molecule has 0 heterocycles. The third-order valence-corrected chi connectivity index (χ3v) is 2.88. The van der Waals surface area contributed by atoms with Crippen LogP contribution in [0.3, 0.4) is 0 Å². The van der Waals surface area contributed by atoms with Crippen molar-refractivity contribution in [3.63, 3.8) is 0 Å². The normalized spacial score (nSPS) is 12.6. The van der Waals surface area contributed by atoms with Gasteiger partial charge in [-0.15, -0.1) is 0 Å². The molecule has 0 aliphatic heterocycles. The Bertz CT molecular complexity index is 422. The van der Waals surface area contributed by atoms with Crippen LogP contribution >= 0.6 is 0 Å². The van der Waals surface area contributed by atoms with E-state index in [1.54, 1.807) is 14.0 Å². The van der Waals surface area contributed by atoms with Crippen LogP contribution in [0, 0.1) is 6.92 Å². The van der Waals surface area contributed by atoms with Crippen molar-refractivity contribution < 1.29 is 9.53 Å². The Hall–Kier alpha value is -1.35. The number of Topliss-reactive ketones (excluding diaryl/α,β-unsaturated/α-hetero) is 1. The topological polar surface area (TPSA) is 52.3 Å². The zero-order valence-electron chi connectivity index (χ0n) is 11.2. The van der Waals surface area contributed by atoms with E-state index in [0.29, 0.717) is 11.5 Å². The summed E-state index contributed by atoms with van der Waals surface area (Å²) in [5, 5.41) is 0. The van der Waals surface area contributed by atoms with E-state index in [1.807, 2.05) is 19.1 Å². The predicted molar refractivity (Wildman–Crippen MR) is 69.8 cm³/mol. The Morgan fingerprint density at radius 3 is 2.29 bits per heavy atom. The Morgan fingerprint density at radius 2 is 1.88 bits per heavy atom. The van der Waals surface area contributed by atoms with Gasteiger partial charge in [-0.25, -0.2) is 0 Å². The maximum absolute atomic E-state index is 12.0. The smallest absolute Gasteiger partial charge is 0.179 e. The van der Waals surface area contributed by atoms with Crippen LogP contribution in [0.4, 0.5) is 0 Å². The second kappa shape index (κ2) is 5.32. The largest absolute Gasteiger partial charge is 0.496 e. The highest BCUT2D eigenvalue weighted by Crippen LogP contribution is 2.29. The third-order valence-electron chi connectivity index (χ3n) is 2.88. The number of rotatable bonds is 4. The van der Waals surface area contributed by atoms with Gasteiger partial charge in [-0.3, -0.25) is 4.79 Å². The Kier molecular flexibility index (Phi) is 4.29. The van der Waals surface area contributed by atoms with E-state index in [0.717, 1.165) is 16.9 Å². The summed E-state index contributed by atoms with van der Waals surface area (Å²) >= 11 is 0. The molecule has 3 nitrogen and oxygen atoms in total. The van der Waals surface area contributed by atoms with Gasteiger partial charge in [-0.1, -0.05) is 13.8 Å². The third kappa shape index (κ3) is 2.86. The average Bonchev–Trinajstić information content (AvgIpc) is 2.27. The average molecular weight is 235 g/mol. The molecule has 1 aromatic rings. The SMILES string of the molecule is COc1cc(C)c(C(=O)C(C)N)cc1C(C)C. The maximum Gasteiger partial charge on any atom is 0.179 e. The van der Waals surface area contributed by atoms with Crippen molar-refractivity contribution in [2.24, 2.45) is 5.73 Å². The fourth-order valence-corrected chi connectivity index (χ4v) is 1.84. The van der Waals surface area contributed by atoms with Crippen LogP contribution in [0.5, 0.6) is 5.75 Å². The molecule has 2 N–H and O–H groups in total. The number of hydrogen-bond acceptors (Lipinski definition) is 3. The van der Waals surface area contributed by atoms with E-state index in [9.17, 15) is 4.79 Å². The highest BCUT2D eigenvalue weighted by atomic mass is 16.5. The lowest BCUT2D eigenvalue weighted by Gasteiger charge is -2.16. The minimum absolute atomic E-state index is 0.0212. The number of ether oxygens (including phenoxy) is 1. The molecule has 0 amide bonds. The lowest BCUT2D eigenvalue weighted by atomic mass is 9.93. The summed E-state index contributed by atoms with van der Waals surface area (Å²) in [7, 11) is 1.65. The number of benzene rings is 1. The van der Waals surface area contributed by atoms with E-state index in [4.69, 9.17) is 10.5 Å². The highest BCUT2D eigenvalue weighted by molar-refractivity contribution is 6.01. The number of carbonyl (C=O) groups excluding carboxylic acids is 1. The molecule has 0 fully saturated rings. The highest BCUT2D eigenvalue weighted by Gasteiger charge is 2.17. The quantitative estimate of drug-likeness (QED) is 0.816. The van der Waals surface area contributed by atoms with Gasteiger partial charge in [0.1, 0.15) is 5.75 Å². The molecule has 0 spiro atoms. The molecular formula is C14H21NO2. The summed E-state index contributed by atoms with van der Waals surface area (Å²) in [5.41, 5.74) is 8.31. The standard InChI is InChI=1S/C14H21NO2/c1-8(2)11-7-12(14(16)10(4)15)9(3)6-13(11)17-5/h6-8,10H,15H2,1-5H3. The van der Waals surface area contributed by atoms with Gasteiger partial charge >= 0.3 is 0 Å². The number of nitrogens with two attached hydrogens (primary N) is 1. The van der Waals surface area contributed by atoms with Crippen LogP contribution < -0.4 is 10.5 Å². The first kappa shape index (κ1) is 13.7. The van der Waals surface area contributed by atoms with Crippen molar-refractivity contribution >= 4 is 5.78 Å². The number of ketones is 1. The molecule has 1 atom stereocenters. The molecule has 0 aliphatic rings. The monoisotopic (exact) mass is 235 g/mol. The molecule has 0 aromatic heterocycles. The second-order valence-electron chi connectivity index (χ2n) is 4.72. The molecule has 94 valence electrons. The molecule has 0 radical (unpaired) electrons. The molecule has 0 saturated heterocycles. The van der Waals surface area contributed by atoms with Crippen LogP contribution in [-0.4, -0.2) is 18.9 Å². The summed E-state index contributed by atoms with van der Waals surface area (Å²) in [4.78, 5) is 12.0. The minimum Gasteiger partial charge on any atom is -0.496 e. The molecule has 1 rings (SSSR count). The fourth-order valence-electron chi connectivity index (χ4n) is 1.84. The van der Waals surface area contributed by atoms with Crippen LogP contribution in [0.25, 0.3) is 0 Å². The first-order chi connectivity index (χ1) is 7.88. The van der Waals surface area contributed by atoms with Crippen molar-refractivity contribution in [3.8, 4) is 5.75 Å². The molecule has 3 heteroatoms. The zero-order chi connectivity index (χ0) is 13.2. The van der Waals surface area contributed by atoms with Gasteiger partial charge in [0.25, 0.3) is 0 Å². The van der Waals surface area contributed by atoms with Gasteiger partial charge in [0, 0.05) is 5.56 Å². The van der Waals surface area contributed by atoms with Gasteiger partial charge in [0.2, 0.25) is 0 Å². The van der Waals surface area contributed by atoms with Crippen LogP contribution in [0.2, 0.25) is 0 Å². The van der Waals surface area contributed by atoms with E-state index >= 15 is 0 Å². The molecule has 1 unspecified atom stereocenters. The maximum atomic E-state index is 12.0. The van der Waals surface area contributed by atoms with E-state index in [2.05, 4.69) is 13.8 Å². The molecule has 0 saturated carbocycles. The Morgan fingerprint density at radius 1 is 1.29 bits per heavy atom. The van der Waals surface area contributed by atoms with Gasteiger partial charge in [-0.2, -0.15) is 0 Å². The van der Waals surface area contributed by atoms with E-state index in [-0.39, 0.29) is 5.78 Å². The van der Waals surface area contributed by atoms with Gasteiger partial charge in [0.05, 0.1) is 13.2 Å². The summed E-state index contributed by atoms with van der Waals surface area (Å²) < 4.78 is 5.34. The molecule has 17 heavy (non-hydrogen) atoms. The molecule has 1 aromatic carbocycles. The molecule has 0 aliphatic carbocycles. The first-order valence-corrected chi connectivity index (χ1v) is 5.86. The molecular weight excluding hydrogens is 214 g/mol. The van der Waals surface area contributed by atoms with Crippen molar-refractivity contribution in [1.82, 2.24) is 0 Å². The minimum atomic E-state index is -0.470. The summed E-state index contributed by atoms with van der Waals surface area (Å²) in [6.07, 6.45) is 0. The van der Waals surface area contributed by atoms with Crippen LogP contribution in [0.15, 0.2) is 12.1 Å². The predicted octanol–water partition coefficient (Wildman–Crippen LogP) is 2.66. The zero-order valence-corrected chi connectivity index (χ0v) is 11.2. The van der Waals surface area contributed by atoms with Crippen molar-refractivity contribution in [3.05, 3.63) is 28.8 Å². The Labute approximate surface area is 103 Å². The lowest BCUT2D eigenvalue weighted by molar-refractivity contribution is 0.0967. The van der Waals surface area contributed by atoms with Crippen molar-refractivity contribution in [2.75, 3.05) is 7.11 Å². The molecule has 0 bridgehead atoms.